The Labute approximate surface area is 178 Å². The lowest BCUT2D eigenvalue weighted by atomic mass is 10.1. The average Bonchev–Trinajstić information content (AvgIpc) is 2.97. The summed E-state index contributed by atoms with van der Waals surface area (Å²) in [5.41, 5.74) is 3.15. The largest absolute Gasteiger partial charge is 0.497 e. The van der Waals surface area contributed by atoms with E-state index in [1.807, 2.05) is 39.1 Å². The fourth-order valence-electron chi connectivity index (χ4n) is 2.86. The molecule has 0 fully saturated rings. The first-order valence-electron chi connectivity index (χ1n) is 8.54. The van der Waals surface area contributed by atoms with Crippen molar-refractivity contribution in [1.29, 1.82) is 0 Å². The number of ether oxygens (including phenoxy) is 2. The van der Waals surface area contributed by atoms with Crippen LogP contribution in [0.15, 0.2) is 27.7 Å². The summed E-state index contributed by atoms with van der Waals surface area (Å²) in [6.07, 6.45) is 0.833. The van der Waals surface area contributed by atoms with E-state index < -0.39 is 0 Å². The quantitative estimate of drug-likeness (QED) is 0.367. The van der Waals surface area contributed by atoms with Crippen LogP contribution in [0.5, 0.6) is 11.5 Å². The van der Waals surface area contributed by atoms with Gasteiger partial charge in [-0.15, -0.1) is 24.0 Å². The van der Waals surface area contributed by atoms with Crippen LogP contribution in [0.2, 0.25) is 0 Å². The van der Waals surface area contributed by atoms with E-state index in [4.69, 9.17) is 14.0 Å². The highest BCUT2D eigenvalue weighted by molar-refractivity contribution is 14.0. The first-order chi connectivity index (χ1) is 12.5. The van der Waals surface area contributed by atoms with Crippen LogP contribution in [-0.4, -0.2) is 50.9 Å². The fourth-order valence-corrected chi connectivity index (χ4v) is 2.86. The van der Waals surface area contributed by atoms with Gasteiger partial charge in [0.25, 0.3) is 0 Å². The third-order valence-corrected chi connectivity index (χ3v) is 4.31. The number of methoxy groups -OCH3 is 2. The Bertz CT molecular complexity index is 742. The molecule has 2 aromatic rings. The zero-order valence-corrected chi connectivity index (χ0v) is 19.2. The minimum Gasteiger partial charge on any atom is -0.497 e. The second-order valence-electron chi connectivity index (χ2n) is 6.06. The number of nitrogens with zero attached hydrogens (tertiary/aromatic N) is 3. The SMILES string of the molecule is CN=C(NCCc1c(C)noc1C)N(C)Cc1ccc(OC)cc1OC.I. The highest BCUT2D eigenvalue weighted by Gasteiger charge is 2.12. The fraction of sp³-hybridized carbons (Fsp3) is 0.474. The normalized spacial score (nSPS) is 11.0. The number of guanidine groups is 1. The van der Waals surface area contributed by atoms with Crippen molar-refractivity contribution in [3.63, 3.8) is 0 Å². The molecular weight excluding hydrogens is 459 g/mol. The molecule has 27 heavy (non-hydrogen) atoms. The van der Waals surface area contributed by atoms with E-state index in [1.165, 1.54) is 0 Å². The minimum atomic E-state index is 0. The molecule has 1 aromatic heterocycles. The number of halogens is 1. The van der Waals surface area contributed by atoms with E-state index in [0.717, 1.165) is 53.0 Å². The van der Waals surface area contributed by atoms with Gasteiger partial charge in [0, 0.05) is 44.4 Å². The number of aliphatic imine (C=N–C) groups is 1. The number of hydrogen-bond acceptors (Lipinski definition) is 5. The predicted molar refractivity (Wildman–Crippen MR) is 117 cm³/mol. The number of hydrogen-bond donors (Lipinski definition) is 1. The lowest BCUT2D eigenvalue weighted by Gasteiger charge is -2.23. The highest BCUT2D eigenvalue weighted by Crippen LogP contribution is 2.25. The molecule has 0 aliphatic carbocycles. The minimum absolute atomic E-state index is 0. The van der Waals surface area contributed by atoms with E-state index in [-0.39, 0.29) is 24.0 Å². The van der Waals surface area contributed by atoms with Crippen molar-refractivity contribution in [2.45, 2.75) is 26.8 Å². The molecule has 1 heterocycles. The van der Waals surface area contributed by atoms with Gasteiger partial charge in [0.1, 0.15) is 17.3 Å². The van der Waals surface area contributed by atoms with E-state index >= 15 is 0 Å². The summed E-state index contributed by atoms with van der Waals surface area (Å²) >= 11 is 0. The second kappa shape index (κ2) is 11.0. The maximum absolute atomic E-state index is 5.47. The van der Waals surface area contributed by atoms with Gasteiger partial charge in [-0.05, 0) is 32.4 Å². The standard InChI is InChI=1S/C19H28N4O3.HI/c1-13-17(14(2)26-22-13)9-10-21-19(20-3)23(4)12-15-7-8-16(24-5)11-18(15)25-6;/h7-8,11H,9-10,12H2,1-6H3,(H,20,21);1H. The number of benzene rings is 1. The molecule has 0 saturated carbocycles. The van der Waals surface area contributed by atoms with Gasteiger partial charge < -0.3 is 24.2 Å². The zero-order chi connectivity index (χ0) is 19.1. The smallest absolute Gasteiger partial charge is 0.193 e. The second-order valence-corrected chi connectivity index (χ2v) is 6.06. The Hall–Kier alpha value is -1.97. The molecule has 0 radical (unpaired) electrons. The van der Waals surface area contributed by atoms with Crippen molar-refractivity contribution in [3.05, 3.63) is 40.8 Å². The van der Waals surface area contributed by atoms with Crippen molar-refractivity contribution in [2.24, 2.45) is 4.99 Å². The molecule has 0 saturated heterocycles. The molecule has 0 unspecified atom stereocenters. The summed E-state index contributed by atoms with van der Waals surface area (Å²) in [6, 6.07) is 5.82. The molecule has 0 bridgehead atoms. The van der Waals surface area contributed by atoms with Crippen molar-refractivity contribution in [1.82, 2.24) is 15.4 Å². The summed E-state index contributed by atoms with van der Waals surface area (Å²) in [5, 5.41) is 7.37. The molecule has 0 amide bonds. The van der Waals surface area contributed by atoms with E-state index in [0.29, 0.717) is 6.54 Å². The Morgan fingerprint density at radius 2 is 2.00 bits per heavy atom. The van der Waals surface area contributed by atoms with Gasteiger partial charge in [-0.1, -0.05) is 5.16 Å². The van der Waals surface area contributed by atoms with Gasteiger partial charge in [-0.3, -0.25) is 4.99 Å². The molecule has 7 nitrogen and oxygen atoms in total. The molecular formula is C19H29IN4O3. The monoisotopic (exact) mass is 488 g/mol. The third-order valence-electron chi connectivity index (χ3n) is 4.31. The number of nitrogens with one attached hydrogen (secondary N) is 1. The molecule has 0 aliphatic rings. The molecule has 0 aliphatic heterocycles. The summed E-state index contributed by atoms with van der Waals surface area (Å²) in [5.74, 6) is 3.25. The summed E-state index contributed by atoms with van der Waals surface area (Å²) in [7, 11) is 7.08. The zero-order valence-electron chi connectivity index (χ0n) is 16.8. The van der Waals surface area contributed by atoms with Crippen LogP contribution in [-0.2, 0) is 13.0 Å². The Kier molecular flexibility index (Phi) is 9.40. The topological polar surface area (TPSA) is 72.1 Å². The number of aryl methyl sites for hydroxylation is 2. The number of rotatable bonds is 7. The van der Waals surface area contributed by atoms with Crippen LogP contribution in [0.4, 0.5) is 0 Å². The summed E-state index contributed by atoms with van der Waals surface area (Å²) in [4.78, 5) is 6.42. The first-order valence-corrected chi connectivity index (χ1v) is 8.54. The predicted octanol–water partition coefficient (Wildman–Crippen LogP) is 3.18. The molecule has 0 atom stereocenters. The van der Waals surface area contributed by atoms with Crippen LogP contribution >= 0.6 is 24.0 Å². The molecule has 1 aromatic carbocycles. The van der Waals surface area contributed by atoms with Crippen molar-refractivity contribution >= 4 is 29.9 Å². The van der Waals surface area contributed by atoms with Gasteiger partial charge in [-0.2, -0.15) is 0 Å². The van der Waals surface area contributed by atoms with Gasteiger partial charge in [0.2, 0.25) is 0 Å². The lowest BCUT2D eigenvalue weighted by Crippen LogP contribution is -2.39. The molecule has 2 rings (SSSR count). The Morgan fingerprint density at radius 1 is 1.26 bits per heavy atom. The Morgan fingerprint density at radius 3 is 2.56 bits per heavy atom. The van der Waals surface area contributed by atoms with Crippen LogP contribution in [0.25, 0.3) is 0 Å². The van der Waals surface area contributed by atoms with Crippen LogP contribution < -0.4 is 14.8 Å². The van der Waals surface area contributed by atoms with Crippen molar-refractivity contribution < 1.29 is 14.0 Å². The average molecular weight is 488 g/mol. The first kappa shape index (κ1) is 23.1. The van der Waals surface area contributed by atoms with Gasteiger partial charge in [-0.25, -0.2) is 0 Å². The van der Waals surface area contributed by atoms with E-state index in [9.17, 15) is 0 Å². The van der Waals surface area contributed by atoms with Crippen LogP contribution in [0.1, 0.15) is 22.6 Å². The Balaban J connectivity index is 0.00000364. The summed E-state index contributed by atoms with van der Waals surface area (Å²) < 4.78 is 15.9. The highest BCUT2D eigenvalue weighted by atomic mass is 127. The van der Waals surface area contributed by atoms with E-state index in [1.54, 1.807) is 21.3 Å². The van der Waals surface area contributed by atoms with Gasteiger partial charge in [0.05, 0.1) is 19.9 Å². The maximum atomic E-state index is 5.47. The molecule has 1 N–H and O–H groups in total. The van der Waals surface area contributed by atoms with Crippen molar-refractivity contribution in [2.75, 3.05) is 34.9 Å². The van der Waals surface area contributed by atoms with Gasteiger partial charge in [0.15, 0.2) is 5.96 Å². The van der Waals surface area contributed by atoms with Crippen LogP contribution in [0.3, 0.4) is 0 Å². The summed E-state index contributed by atoms with van der Waals surface area (Å²) in [6.45, 7) is 5.31. The van der Waals surface area contributed by atoms with E-state index in [2.05, 4.69) is 20.4 Å². The molecule has 8 heteroatoms. The number of aromatic nitrogens is 1. The van der Waals surface area contributed by atoms with Crippen molar-refractivity contribution in [3.8, 4) is 11.5 Å². The lowest BCUT2D eigenvalue weighted by molar-refractivity contribution is 0.382. The third kappa shape index (κ3) is 6.02. The van der Waals surface area contributed by atoms with Gasteiger partial charge >= 0.3 is 0 Å². The van der Waals surface area contributed by atoms with Crippen LogP contribution in [0, 0.1) is 13.8 Å². The molecule has 0 spiro atoms. The molecule has 150 valence electrons. The maximum Gasteiger partial charge on any atom is 0.193 e.